The number of nitrogens with one attached hydrogen (secondary N) is 2. The second-order valence-electron chi connectivity index (χ2n) is 3.38. The maximum atomic E-state index is 3.30. The van der Waals surface area contributed by atoms with Crippen LogP contribution in [0, 0.1) is 0 Å². The summed E-state index contributed by atoms with van der Waals surface area (Å²) in [5, 5.41) is 1.48. The predicted molar refractivity (Wildman–Crippen MR) is 58.2 cm³/mol. The van der Waals surface area contributed by atoms with Crippen molar-refractivity contribution < 1.29 is 0 Å². The van der Waals surface area contributed by atoms with E-state index in [0.29, 0.717) is 11.6 Å². The molecule has 0 aromatic heterocycles. The molecule has 2 nitrogen and oxygen atoms in total. The Hall–Kier alpha value is -0.430. The Bertz CT molecular complexity index is 266. The van der Waals surface area contributed by atoms with Crippen molar-refractivity contribution in [3.05, 3.63) is 30.3 Å². The molecule has 3 heteroatoms. The van der Waals surface area contributed by atoms with E-state index in [9.17, 15) is 0 Å². The number of hydrazine groups is 1. The highest BCUT2D eigenvalue weighted by atomic mass is 31.1. The summed E-state index contributed by atoms with van der Waals surface area (Å²) >= 11 is 0. The molecule has 0 unspecified atom stereocenters. The first-order valence-electron chi connectivity index (χ1n) is 4.63. The van der Waals surface area contributed by atoms with Crippen molar-refractivity contribution in [1.29, 1.82) is 0 Å². The predicted octanol–water partition coefficient (Wildman–Crippen LogP) is 1.59. The first-order valence-corrected chi connectivity index (χ1v) is 6.11. The van der Waals surface area contributed by atoms with Gasteiger partial charge >= 0.3 is 0 Å². The van der Waals surface area contributed by atoms with Crippen molar-refractivity contribution in [3.8, 4) is 0 Å². The molecule has 1 aromatic rings. The summed E-state index contributed by atoms with van der Waals surface area (Å²) in [4.78, 5) is 0. The van der Waals surface area contributed by atoms with Crippen LogP contribution in [0.4, 0.5) is 0 Å². The van der Waals surface area contributed by atoms with Gasteiger partial charge < -0.3 is 0 Å². The molecule has 0 radical (unpaired) electrons. The summed E-state index contributed by atoms with van der Waals surface area (Å²) in [7, 11) is -0.0849. The zero-order chi connectivity index (χ0) is 9.26. The lowest BCUT2D eigenvalue weighted by Crippen LogP contribution is -2.30. The van der Waals surface area contributed by atoms with Crippen LogP contribution in [-0.2, 0) is 0 Å². The largest absolute Gasteiger partial charge is 0.250 e. The van der Waals surface area contributed by atoms with E-state index < -0.39 is 0 Å². The minimum absolute atomic E-state index is 0.0849. The molecule has 0 aliphatic carbocycles. The molecular weight excluding hydrogens is 179 g/mol. The van der Waals surface area contributed by atoms with Crippen molar-refractivity contribution in [2.75, 3.05) is 0 Å². The SMILES string of the molecule is C[C@H]1NN[C@H](C)P1c1ccccc1. The maximum absolute atomic E-state index is 3.30. The standard InChI is InChI=1S/C10H15N2P/c1-8-11-12-9(2)13(8)10-6-4-3-5-7-10/h3-9,11-12H,1-2H3/t8-,9-/m0/s1. The van der Waals surface area contributed by atoms with Gasteiger partial charge in [0, 0.05) is 11.6 Å². The monoisotopic (exact) mass is 194 g/mol. The molecule has 2 rings (SSSR count). The van der Waals surface area contributed by atoms with Crippen molar-refractivity contribution in [2.45, 2.75) is 25.4 Å². The second kappa shape index (κ2) is 3.75. The molecule has 1 aliphatic rings. The quantitative estimate of drug-likeness (QED) is 0.663. The molecule has 2 N–H and O–H groups in total. The molecule has 1 saturated heterocycles. The number of hydrogen-bond donors (Lipinski definition) is 2. The Morgan fingerprint density at radius 1 is 1.00 bits per heavy atom. The normalized spacial score (nSPS) is 29.4. The Kier molecular flexibility index (Phi) is 2.63. The Labute approximate surface area is 80.5 Å². The highest BCUT2D eigenvalue weighted by Crippen LogP contribution is 2.45. The van der Waals surface area contributed by atoms with Crippen LogP contribution in [0.25, 0.3) is 0 Å². The molecule has 1 fully saturated rings. The summed E-state index contributed by atoms with van der Waals surface area (Å²) in [6.07, 6.45) is 0. The smallest absolute Gasteiger partial charge is 0.0438 e. The lowest BCUT2D eigenvalue weighted by molar-refractivity contribution is 0.567. The summed E-state index contributed by atoms with van der Waals surface area (Å²) in [5.74, 6) is 1.15. The van der Waals surface area contributed by atoms with Gasteiger partial charge in [0.25, 0.3) is 0 Å². The number of hydrogen-bond acceptors (Lipinski definition) is 2. The summed E-state index contributed by atoms with van der Waals surface area (Å²) in [6.45, 7) is 4.49. The fourth-order valence-electron chi connectivity index (χ4n) is 1.76. The maximum Gasteiger partial charge on any atom is 0.0438 e. The molecule has 0 amide bonds. The molecule has 70 valence electrons. The van der Waals surface area contributed by atoms with Gasteiger partial charge in [-0.25, -0.2) is 10.9 Å². The van der Waals surface area contributed by atoms with Gasteiger partial charge in [0.05, 0.1) is 0 Å². The Morgan fingerprint density at radius 3 is 2.08 bits per heavy atom. The second-order valence-corrected chi connectivity index (χ2v) is 6.26. The summed E-state index contributed by atoms with van der Waals surface area (Å²) < 4.78 is 0. The molecule has 0 spiro atoms. The topological polar surface area (TPSA) is 24.1 Å². The first kappa shape index (κ1) is 9.14. The molecule has 2 atom stereocenters. The molecule has 0 saturated carbocycles. The molecule has 1 heterocycles. The molecular formula is C10H15N2P. The minimum atomic E-state index is -0.0849. The third kappa shape index (κ3) is 1.76. The zero-order valence-electron chi connectivity index (χ0n) is 7.99. The molecule has 1 aliphatic heterocycles. The van der Waals surface area contributed by atoms with E-state index in [4.69, 9.17) is 0 Å². The third-order valence-electron chi connectivity index (χ3n) is 2.39. The Morgan fingerprint density at radius 2 is 1.54 bits per heavy atom. The van der Waals surface area contributed by atoms with Crippen LogP contribution in [-0.4, -0.2) is 11.6 Å². The van der Waals surface area contributed by atoms with E-state index in [2.05, 4.69) is 55.0 Å². The van der Waals surface area contributed by atoms with Gasteiger partial charge in [-0.1, -0.05) is 30.3 Å². The average Bonchev–Trinajstić information content (AvgIpc) is 2.48. The van der Waals surface area contributed by atoms with Crippen LogP contribution in [0.15, 0.2) is 30.3 Å². The lowest BCUT2D eigenvalue weighted by Gasteiger charge is -2.18. The van der Waals surface area contributed by atoms with E-state index in [-0.39, 0.29) is 7.92 Å². The fraction of sp³-hybridized carbons (Fsp3) is 0.400. The minimum Gasteiger partial charge on any atom is -0.250 e. The average molecular weight is 194 g/mol. The van der Waals surface area contributed by atoms with Crippen molar-refractivity contribution in [3.63, 3.8) is 0 Å². The number of rotatable bonds is 1. The molecule has 13 heavy (non-hydrogen) atoms. The van der Waals surface area contributed by atoms with Crippen LogP contribution in [0.3, 0.4) is 0 Å². The van der Waals surface area contributed by atoms with Crippen molar-refractivity contribution in [1.82, 2.24) is 10.9 Å². The summed E-state index contributed by atoms with van der Waals surface area (Å²) in [6, 6.07) is 10.8. The van der Waals surface area contributed by atoms with Gasteiger partial charge in [-0.2, -0.15) is 0 Å². The van der Waals surface area contributed by atoms with E-state index >= 15 is 0 Å². The van der Waals surface area contributed by atoms with Crippen molar-refractivity contribution >= 4 is 13.2 Å². The van der Waals surface area contributed by atoms with Gasteiger partial charge in [0.15, 0.2) is 0 Å². The molecule has 1 aromatic carbocycles. The van der Waals surface area contributed by atoms with Gasteiger partial charge in [-0.3, -0.25) is 0 Å². The van der Waals surface area contributed by atoms with E-state index in [1.807, 2.05) is 0 Å². The highest BCUT2D eigenvalue weighted by Gasteiger charge is 2.29. The summed E-state index contributed by atoms with van der Waals surface area (Å²) in [5.41, 5.74) is 6.59. The van der Waals surface area contributed by atoms with Gasteiger partial charge in [-0.15, -0.1) is 0 Å². The molecule has 0 bridgehead atoms. The van der Waals surface area contributed by atoms with Crippen LogP contribution in [0.2, 0.25) is 0 Å². The van der Waals surface area contributed by atoms with Crippen LogP contribution < -0.4 is 16.2 Å². The zero-order valence-corrected chi connectivity index (χ0v) is 8.88. The van der Waals surface area contributed by atoms with E-state index in [0.717, 1.165) is 0 Å². The van der Waals surface area contributed by atoms with Crippen LogP contribution in [0.1, 0.15) is 13.8 Å². The van der Waals surface area contributed by atoms with Crippen LogP contribution in [0.5, 0.6) is 0 Å². The fourth-order valence-corrected chi connectivity index (χ4v) is 4.27. The van der Waals surface area contributed by atoms with Gasteiger partial charge in [-0.05, 0) is 27.1 Å². The number of benzene rings is 1. The highest BCUT2D eigenvalue weighted by molar-refractivity contribution is 7.67. The third-order valence-corrected chi connectivity index (χ3v) is 5.21. The lowest BCUT2D eigenvalue weighted by atomic mass is 10.4. The van der Waals surface area contributed by atoms with Gasteiger partial charge in [0.1, 0.15) is 0 Å². The van der Waals surface area contributed by atoms with Crippen molar-refractivity contribution in [2.24, 2.45) is 0 Å². The van der Waals surface area contributed by atoms with Gasteiger partial charge in [0.2, 0.25) is 0 Å². The van der Waals surface area contributed by atoms with Crippen LogP contribution >= 0.6 is 7.92 Å². The van der Waals surface area contributed by atoms with E-state index in [1.165, 1.54) is 5.30 Å². The Balaban J connectivity index is 2.25. The first-order chi connectivity index (χ1) is 6.29. The van der Waals surface area contributed by atoms with E-state index in [1.54, 1.807) is 0 Å².